The summed E-state index contributed by atoms with van der Waals surface area (Å²) in [7, 11) is -0.179. The summed E-state index contributed by atoms with van der Waals surface area (Å²) in [5, 5.41) is 0. The van der Waals surface area contributed by atoms with Crippen LogP contribution in [0.15, 0.2) is 11.5 Å². The molecule has 3 heteroatoms. The molecule has 0 aromatic rings. The minimum absolute atomic E-state index is 0.179. The van der Waals surface area contributed by atoms with Crippen molar-refractivity contribution in [3.8, 4) is 0 Å². The lowest BCUT2D eigenvalue weighted by molar-refractivity contribution is 0.00578. The molecule has 0 saturated carbocycles. The van der Waals surface area contributed by atoms with Crippen LogP contribution < -0.4 is 0 Å². The molecule has 1 saturated heterocycles. The van der Waals surface area contributed by atoms with Crippen LogP contribution in [0.3, 0.4) is 0 Å². The van der Waals surface area contributed by atoms with Gasteiger partial charge in [-0.15, -0.1) is 0 Å². The van der Waals surface area contributed by atoms with E-state index in [1.54, 1.807) is 0 Å². The number of allylic oxidation sites excluding steroid dienone is 1. The third-order valence-electron chi connectivity index (χ3n) is 4.12. The Morgan fingerprint density at radius 2 is 1.56 bits per heavy atom. The van der Waals surface area contributed by atoms with Crippen LogP contribution in [-0.4, -0.2) is 18.3 Å². The van der Waals surface area contributed by atoms with Gasteiger partial charge in [-0.25, -0.2) is 0 Å². The molecule has 18 heavy (non-hydrogen) atoms. The van der Waals surface area contributed by atoms with Gasteiger partial charge in [0, 0.05) is 0 Å². The number of hydrogen-bond donors (Lipinski definition) is 0. The van der Waals surface area contributed by atoms with Crippen LogP contribution >= 0.6 is 0 Å². The Morgan fingerprint density at radius 3 is 2.06 bits per heavy atom. The van der Waals surface area contributed by atoms with Gasteiger partial charge in [-0.05, 0) is 47.5 Å². The van der Waals surface area contributed by atoms with Crippen molar-refractivity contribution in [2.45, 2.75) is 84.8 Å². The summed E-state index contributed by atoms with van der Waals surface area (Å²) in [4.78, 5) is 0. The first-order valence-electron chi connectivity index (χ1n) is 7.31. The van der Waals surface area contributed by atoms with Crippen molar-refractivity contribution in [2.75, 3.05) is 0 Å². The first kappa shape index (κ1) is 15.8. The van der Waals surface area contributed by atoms with Gasteiger partial charge in [0.1, 0.15) is 0 Å². The molecular weight excluding hydrogens is 223 g/mol. The maximum atomic E-state index is 5.96. The van der Waals surface area contributed by atoms with Gasteiger partial charge in [0.05, 0.1) is 11.2 Å². The van der Waals surface area contributed by atoms with E-state index in [2.05, 4.69) is 47.5 Å². The van der Waals surface area contributed by atoms with Crippen molar-refractivity contribution in [2.24, 2.45) is 0 Å². The van der Waals surface area contributed by atoms with Crippen molar-refractivity contribution >= 4 is 7.12 Å². The van der Waals surface area contributed by atoms with Crippen molar-refractivity contribution < 1.29 is 9.31 Å². The molecule has 2 nitrogen and oxygen atoms in total. The third kappa shape index (κ3) is 4.13. The molecule has 104 valence electrons. The highest BCUT2D eigenvalue weighted by molar-refractivity contribution is 6.51. The summed E-state index contributed by atoms with van der Waals surface area (Å²) in [6, 6.07) is 0. The van der Waals surface area contributed by atoms with Crippen molar-refractivity contribution in [1.82, 2.24) is 0 Å². The standard InChI is InChI=1S/C15H29BO2/c1-7-8-9-10-11-13(2)12-16-17-14(3,4)15(5,6)18-16/h12H,7-11H2,1-6H3/b13-12-. The first-order chi connectivity index (χ1) is 8.28. The molecular formula is C15H29BO2. The molecule has 0 spiro atoms. The average Bonchev–Trinajstić information content (AvgIpc) is 2.42. The highest BCUT2D eigenvalue weighted by Crippen LogP contribution is 2.37. The molecule has 0 atom stereocenters. The van der Waals surface area contributed by atoms with Crippen LogP contribution in [0.5, 0.6) is 0 Å². The molecule has 0 radical (unpaired) electrons. The Bertz CT molecular complexity index is 279. The van der Waals surface area contributed by atoms with E-state index in [9.17, 15) is 0 Å². The van der Waals surface area contributed by atoms with E-state index in [0.717, 1.165) is 6.42 Å². The number of hydrogen-bond acceptors (Lipinski definition) is 2. The Morgan fingerprint density at radius 1 is 1.00 bits per heavy atom. The Kier molecular flexibility index (Phi) is 5.48. The van der Waals surface area contributed by atoms with Gasteiger partial charge in [0.25, 0.3) is 0 Å². The van der Waals surface area contributed by atoms with E-state index < -0.39 is 0 Å². The average molecular weight is 252 g/mol. The molecule has 1 heterocycles. The summed E-state index contributed by atoms with van der Waals surface area (Å²) >= 11 is 0. The Balaban J connectivity index is 2.43. The van der Waals surface area contributed by atoms with E-state index in [1.807, 2.05) is 0 Å². The zero-order chi connectivity index (χ0) is 13.8. The zero-order valence-electron chi connectivity index (χ0n) is 13.0. The molecule has 1 aliphatic heterocycles. The number of rotatable bonds is 6. The zero-order valence-corrected chi connectivity index (χ0v) is 13.0. The van der Waals surface area contributed by atoms with Crippen LogP contribution in [0.4, 0.5) is 0 Å². The summed E-state index contributed by atoms with van der Waals surface area (Å²) in [6.07, 6.45) is 6.38. The summed E-state index contributed by atoms with van der Waals surface area (Å²) in [5.74, 6) is 2.14. The van der Waals surface area contributed by atoms with E-state index in [-0.39, 0.29) is 18.3 Å². The second-order valence-corrected chi connectivity index (χ2v) is 6.45. The molecule has 0 aromatic carbocycles. The van der Waals surface area contributed by atoms with Crippen molar-refractivity contribution in [1.29, 1.82) is 0 Å². The largest absolute Gasteiger partial charge is 0.487 e. The highest BCUT2D eigenvalue weighted by Gasteiger charge is 2.50. The lowest BCUT2D eigenvalue weighted by Crippen LogP contribution is -2.41. The Labute approximate surface area is 113 Å². The van der Waals surface area contributed by atoms with E-state index in [1.165, 1.54) is 31.3 Å². The molecule has 0 unspecified atom stereocenters. The molecule has 0 amide bonds. The van der Waals surface area contributed by atoms with Gasteiger partial charge in [-0.1, -0.05) is 37.7 Å². The van der Waals surface area contributed by atoms with Crippen LogP contribution in [0, 0.1) is 0 Å². The van der Waals surface area contributed by atoms with Gasteiger partial charge >= 0.3 is 7.12 Å². The summed E-state index contributed by atoms with van der Waals surface area (Å²) < 4.78 is 11.9. The fraction of sp³-hybridized carbons (Fsp3) is 0.867. The first-order valence-corrected chi connectivity index (χ1v) is 7.31. The molecule has 1 rings (SSSR count). The van der Waals surface area contributed by atoms with Crippen molar-refractivity contribution in [3.63, 3.8) is 0 Å². The maximum absolute atomic E-state index is 5.96. The topological polar surface area (TPSA) is 18.5 Å². The second-order valence-electron chi connectivity index (χ2n) is 6.45. The quantitative estimate of drug-likeness (QED) is 0.510. The fourth-order valence-corrected chi connectivity index (χ4v) is 2.10. The molecule has 0 aromatic heterocycles. The minimum Gasteiger partial charge on any atom is -0.400 e. The monoisotopic (exact) mass is 252 g/mol. The lowest BCUT2D eigenvalue weighted by Gasteiger charge is -2.32. The number of unbranched alkanes of at least 4 members (excludes halogenated alkanes) is 3. The third-order valence-corrected chi connectivity index (χ3v) is 4.12. The highest BCUT2D eigenvalue weighted by atomic mass is 16.7. The summed E-state index contributed by atoms with van der Waals surface area (Å²) in [6.45, 7) is 12.8. The fourth-order valence-electron chi connectivity index (χ4n) is 2.10. The van der Waals surface area contributed by atoms with E-state index in [4.69, 9.17) is 9.31 Å². The predicted octanol–water partition coefficient (Wildman–Crippen LogP) is 4.53. The van der Waals surface area contributed by atoms with Crippen LogP contribution in [-0.2, 0) is 9.31 Å². The normalized spacial score (nSPS) is 22.6. The molecule has 0 aliphatic carbocycles. The lowest BCUT2D eigenvalue weighted by atomic mass is 9.86. The van der Waals surface area contributed by atoms with Crippen LogP contribution in [0.1, 0.15) is 73.6 Å². The molecule has 0 bridgehead atoms. The van der Waals surface area contributed by atoms with Gasteiger partial charge in [-0.2, -0.15) is 0 Å². The van der Waals surface area contributed by atoms with Crippen molar-refractivity contribution in [3.05, 3.63) is 11.5 Å². The van der Waals surface area contributed by atoms with Gasteiger partial charge in [0.2, 0.25) is 0 Å². The summed E-state index contributed by atoms with van der Waals surface area (Å²) in [5.41, 5.74) is 0.928. The predicted molar refractivity (Wildman–Crippen MR) is 78.6 cm³/mol. The molecule has 0 N–H and O–H groups in total. The van der Waals surface area contributed by atoms with E-state index in [0.29, 0.717) is 0 Å². The Hall–Kier alpha value is -0.275. The molecule has 1 aliphatic rings. The SMILES string of the molecule is CCCCCC/C(C)=C\B1OC(C)(C)C(C)(C)O1. The van der Waals surface area contributed by atoms with Gasteiger partial charge in [0.15, 0.2) is 0 Å². The molecule has 1 fully saturated rings. The second kappa shape index (κ2) is 6.25. The smallest absolute Gasteiger partial charge is 0.400 e. The minimum atomic E-state index is -0.226. The van der Waals surface area contributed by atoms with Crippen LogP contribution in [0.2, 0.25) is 0 Å². The van der Waals surface area contributed by atoms with Crippen LogP contribution in [0.25, 0.3) is 0 Å². The van der Waals surface area contributed by atoms with Gasteiger partial charge < -0.3 is 9.31 Å². The maximum Gasteiger partial charge on any atom is 0.487 e. The van der Waals surface area contributed by atoms with Gasteiger partial charge in [-0.3, -0.25) is 0 Å². The van der Waals surface area contributed by atoms with E-state index >= 15 is 0 Å².